The summed E-state index contributed by atoms with van der Waals surface area (Å²) in [4.78, 5) is 5.45. The van der Waals surface area contributed by atoms with E-state index >= 15 is 0 Å². The lowest BCUT2D eigenvalue weighted by molar-refractivity contribution is 1.14. The summed E-state index contributed by atoms with van der Waals surface area (Å²) < 4.78 is 0. The Morgan fingerprint density at radius 1 is 1.27 bits per heavy atom. The van der Waals surface area contributed by atoms with Crippen LogP contribution >= 0.6 is 35.8 Å². The Bertz CT molecular complexity index is 660. The third kappa shape index (κ3) is 5.13. The van der Waals surface area contributed by atoms with Crippen molar-refractivity contribution in [2.24, 2.45) is 10.7 Å². The summed E-state index contributed by atoms with van der Waals surface area (Å²) in [5, 5.41) is 3.68. The Balaban J connectivity index is 0.00000242. The molecule has 0 heterocycles. The van der Waals surface area contributed by atoms with Gasteiger partial charge in [0.15, 0.2) is 5.96 Å². The molecule has 0 spiro atoms. The quantitative estimate of drug-likeness (QED) is 0.455. The average molecular weight is 356 g/mol. The van der Waals surface area contributed by atoms with Crippen molar-refractivity contribution in [3.8, 4) is 0 Å². The molecule has 2 aromatic rings. The van der Waals surface area contributed by atoms with E-state index in [1.54, 1.807) is 11.8 Å². The first-order valence-electron chi connectivity index (χ1n) is 6.66. The normalized spacial score (nSPS) is 11.0. The number of aryl methyl sites for hydroxylation is 1. The molecule has 6 heteroatoms. The highest BCUT2D eigenvalue weighted by atomic mass is 35.5. The third-order valence-electron chi connectivity index (χ3n) is 3.00. The number of nitrogens with two attached hydrogens (primary N) is 1. The van der Waals surface area contributed by atoms with Gasteiger partial charge < -0.3 is 11.1 Å². The second kappa shape index (κ2) is 8.93. The molecule has 0 bridgehead atoms. The Morgan fingerprint density at radius 3 is 2.73 bits per heavy atom. The smallest absolute Gasteiger partial charge is 0.198 e. The van der Waals surface area contributed by atoms with Gasteiger partial charge in [0.1, 0.15) is 0 Å². The van der Waals surface area contributed by atoms with E-state index in [0.717, 1.165) is 17.0 Å². The Hall–Kier alpha value is -1.36. The molecule has 3 N–H and O–H groups in total. The maximum atomic E-state index is 6.15. The van der Waals surface area contributed by atoms with Crippen molar-refractivity contribution < 1.29 is 0 Å². The molecule has 3 nitrogen and oxygen atoms in total. The van der Waals surface area contributed by atoms with Gasteiger partial charge in [0.2, 0.25) is 0 Å². The minimum absolute atomic E-state index is 0. The summed E-state index contributed by atoms with van der Waals surface area (Å²) in [7, 11) is 0. The van der Waals surface area contributed by atoms with Gasteiger partial charge in [-0.25, -0.2) is 4.99 Å². The van der Waals surface area contributed by atoms with Gasteiger partial charge in [0.05, 0.1) is 10.7 Å². The van der Waals surface area contributed by atoms with Gasteiger partial charge in [-0.15, -0.1) is 24.2 Å². The van der Waals surface area contributed by atoms with Crippen LogP contribution in [-0.4, -0.2) is 12.2 Å². The molecule has 0 saturated heterocycles. The van der Waals surface area contributed by atoms with E-state index in [9.17, 15) is 0 Å². The van der Waals surface area contributed by atoms with Gasteiger partial charge in [-0.1, -0.05) is 30.7 Å². The molecule has 0 amide bonds. The van der Waals surface area contributed by atoms with E-state index in [1.807, 2.05) is 36.6 Å². The highest BCUT2D eigenvalue weighted by Crippen LogP contribution is 2.29. The van der Waals surface area contributed by atoms with E-state index in [0.29, 0.717) is 16.7 Å². The van der Waals surface area contributed by atoms with Crippen molar-refractivity contribution in [2.75, 3.05) is 11.6 Å². The van der Waals surface area contributed by atoms with Crippen LogP contribution in [0.25, 0.3) is 0 Å². The number of rotatable bonds is 4. The minimum Gasteiger partial charge on any atom is -0.369 e. The SMILES string of the molecule is CCc1cccc(NC(N)=Nc2cc(SC)ccc2Cl)c1.Cl. The maximum Gasteiger partial charge on any atom is 0.198 e. The number of nitrogens with one attached hydrogen (secondary N) is 1. The number of guanidine groups is 1. The summed E-state index contributed by atoms with van der Waals surface area (Å²) in [6.45, 7) is 2.12. The zero-order valence-electron chi connectivity index (χ0n) is 12.5. The molecule has 0 fully saturated rings. The van der Waals surface area contributed by atoms with Crippen LogP contribution in [0.5, 0.6) is 0 Å². The predicted molar refractivity (Wildman–Crippen MR) is 101 cm³/mol. The molecule has 0 atom stereocenters. The van der Waals surface area contributed by atoms with Crippen molar-refractivity contribution in [2.45, 2.75) is 18.2 Å². The first kappa shape index (κ1) is 18.7. The van der Waals surface area contributed by atoms with Gasteiger partial charge in [-0.05, 0) is 48.6 Å². The van der Waals surface area contributed by atoms with E-state index in [2.05, 4.69) is 29.4 Å². The van der Waals surface area contributed by atoms with E-state index in [4.69, 9.17) is 17.3 Å². The summed E-state index contributed by atoms with van der Waals surface area (Å²) in [6.07, 6.45) is 2.99. The number of nitrogens with zero attached hydrogens (tertiary/aromatic N) is 1. The van der Waals surface area contributed by atoms with Gasteiger partial charge in [-0.2, -0.15) is 0 Å². The number of benzene rings is 2. The van der Waals surface area contributed by atoms with Gasteiger partial charge in [-0.3, -0.25) is 0 Å². The predicted octanol–water partition coefficient (Wildman–Crippen LogP) is 5.10. The first-order valence-corrected chi connectivity index (χ1v) is 8.26. The van der Waals surface area contributed by atoms with Crippen LogP contribution in [0.4, 0.5) is 11.4 Å². The van der Waals surface area contributed by atoms with Gasteiger partial charge in [0, 0.05) is 10.6 Å². The van der Waals surface area contributed by atoms with Crippen LogP contribution in [0.3, 0.4) is 0 Å². The number of hydrogen-bond acceptors (Lipinski definition) is 2. The van der Waals surface area contributed by atoms with Crippen molar-refractivity contribution in [1.29, 1.82) is 0 Å². The summed E-state index contributed by atoms with van der Waals surface area (Å²) in [5.74, 6) is 0.323. The van der Waals surface area contributed by atoms with E-state index in [1.165, 1.54) is 5.56 Å². The topological polar surface area (TPSA) is 50.4 Å². The highest BCUT2D eigenvalue weighted by Gasteiger charge is 2.03. The Kier molecular flexibility index (Phi) is 7.59. The van der Waals surface area contributed by atoms with E-state index in [-0.39, 0.29) is 12.4 Å². The molecule has 2 rings (SSSR count). The molecular weight excluding hydrogens is 337 g/mol. The zero-order valence-corrected chi connectivity index (χ0v) is 14.9. The number of halogens is 2. The molecule has 0 aromatic heterocycles. The van der Waals surface area contributed by atoms with E-state index < -0.39 is 0 Å². The number of anilines is 1. The van der Waals surface area contributed by atoms with Gasteiger partial charge in [0.25, 0.3) is 0 Å². The van der Waals surface area contributed by atoms with Gasteiger partial charge >= 0.3 is 0 Å². The molecule has 22 heavy (non-hydrogen) atoms. The Labute approximate surface area is 146 Å². The molecule has 118 valence electrons. The number of hydrogen-bond donors (Lipinski definition) is 2. The average Bonchev–Trinajstić information content (AvgIpc) is 2.49. The molecule has 0 aliphatic carbocycles. The van der Waals surface area contributed by atoms with Crippen LogP contribution in [0.15, 0.2) is 52.4 Å². The molecule has 0 saturated carbocycles. The van der Waals surface area contributed by atoms with Crippen LogP contribution in [0, 0.1) is 0 Å². The lowest BCUT2D eigenvalue weighted by Crippen LogP contribution is -2.22. The largest absolute Gasteiger partial charge is 0.369 e. The molecule has 0 radical (unpaired) electrons. The van der Waals surface area contributed by atoms with Crippen LogP contribution in [0.2, 0.25) is 5.02 Å². The molecule has 0 aliphatic heterocycles. The second-order valence-corrected chi connectivity index (χ2v) is 5.78. The van der Waals surface area contributed by atoms with Crippen LogP contribution in [-0.2, 0) is 6.42 Å². The lowest BCUT2D eigenvalue weighted by Gasteiger charge is -2.08. The van der Waals surface area contributed by atoms with Crippen LogP contribution in [0.1, 0.15) is 12.5 Å². The highest BCUT2D eigenvalue weighted by molar-refractivity contribution is 7.98. The zero-order chi connectivity index (χ0) is 15.2. The second-order valence-electron chi connectivity index (χ2n) is 4.49. The summed E-state index contributed by atoms with van der Waals surface area (Å²) in [6, 6.07) is 13.8. The number of thioether (sulfide) groups is 1. The standard InChI is InChI=1S/C16H18ClN3S.ClH/c1-3-11-5-4-6-12(9-11)19-16(18)20-15-10-13(21-2)7-8-14(15)17;/h4-10H,3H2,1-2H3,(H3,18,19,20);1H. The third-order valence-corrected chi connectivity index (χ3v) is 4.05. The monoisotopic (exact) mass is 355 g/mol. The van der Waals surface area contributed by atoms with Crippen molar-refractivity contribution >= 4 is 53.1 Å². The number of aliphatic imine (C=N–C) groups is 1. The lowest BCUT2D eigenvalue weighted by atomic mass is 10.1. The molecular formula is C16H19Cl2N3S. The summed E-state index contributed by atoms with van der Waals surface area (Å²) in [5.41, 5.74) is 8.80. The fourth-order valence-corrected chi connectivity index (χ4v) is 2.47. The van der Waals surface area contributed by atoms with Crippen LogP contribution < -0.4 is 11.1 Å². The molecule has 0 aliphatic rings. The molecule has 0 unspecified atom stereocenters. The maximum absolute atomic E-state index is 6.15. The first-order chi connectivity index (χ1) is 10.1. The summed E-state index contributed by atoms with van der Waals surface area (Å²) >= 11 is 7.79. The molecule has 2 aromatic carbocycles. The fourth-order valence-electron chi connectivity index (χ4n) is 1.88. The van der Waals surface area contributed by atoms with Crippen molar-refractivity contribution in [3.05, 3.63) is 53.1 Å². The van der Waals surface area contributed by atoms with Crippen molar-refractivity contribution in [1.82, 2.24) is 0 Å². The Morgan fingerprint density at radius 2 is 2.05 bits per heavy atom. The van der Waals surface area contributed by atoms with Crippen molar-refractivity contribution in [3.63, 3.8) is 0 Å². The minimum atomic E-state index is 0. The fraction of sp³-hybridized carbons (Fsp3) is 0.188.